The van der Waals surface area contributed by atoms with E-state index < -0.39 is 0 Å². The van der Waals surface area contributed by atoms with Crippen LogP contribution in [0.2, 0.25) is 0 Å². The first kappa shape index (κ1) is 6.56. The van der Waals surface area contributed by atoms with E-state index in [0.717, 1.165) is 12.1 Å². The van der Waals surface area contributed by atoms with Gasteiger partial charge in [-0.2, -0.15) is 0 Å². The van der Waals surface area contributed by atoms with Crippen molar-refractivity contribution < 1.29 is 0 Å². The van der Waals surface area contributed by atoms with E-state index in [9.17, 15) is 0 Å². The average Bonchev–Trinajstić information content (AvgIpc) is 1.97. The lowest BCUT2D eigenvalue weighted by molar-refractivity contribution is 1.40. The molecular formula is C7H8ClN. The SMILES string of the molecule is CC1=NC=C(Cl)C=CC1. The molecule has 1 rings (SSSR count). The summed E-state index contributed by atoms with van der Waals surface area (Å²) < 4.78 is 0. The first-order valence-corrected chi connectivity index (χ1v) is 3.22. The van der Waals surface area contributed by atoms with E-state index in [-0.39, 0.29) is 0 Å². The van der Waals surface area contributed by atoms with E-state index in [1.54, 1.807) is 6.20 Å². The van der Waals surface area contributed by atoms with Crippen LogP contribution in [0.3, 0.4) is 0 Å². The van der Waals surface area contributed by atoms with Gasteiger partial charge in [0.1, 0.15) is 0 Å². The van der Waals surface area contributed by atoms with Crippen LogP contribution in [-0.4, -0.2) is 5.71 Å². The molecule has 0 aromatic rings. The normalized spacial score (nSPS) is 18.4. The second-order valence-electron chi connectivity index (χ2n) is 1.98. The van der Waals surface area contributed by atoms with Gasteiger partial charge < -0.3 is 0 Å². The predicted octanol–water partition coefficient (Wildman–Crippen LogP) is 2.49. The van der Waals surface area contributed by atoms with Gasteiger partial charge in [-0.25, -0.2) is 0 Å². The Balaban J connectivity index is 2.80. The molecule has 2 heteroatoms. The van der Waals surface area contributed by atoms with Gasteiger partial charge in [0, 0.05) is 18.3 Å². The quantitative estimate of drug-likeness (QED) is 0.492. The molecule has 0 aromatic carbocycles. The molecule has 1 aliphatic heterocycles. The van der Waals surface area contributed by atoms with Crippen LogP contribution in [0.1, 0.15) is 13.3 Å². The third-order valence-electron chi connectivity index (χ3n) is 1.10. The molecule has 0 fully saturated rings. The number of hydrogen-bond acceptors (Lipinski definition) is 1. The number of hydrogen-bond donors (Lipinski definition) is 0. The topological polar surface area (TPSA) is 12.4 Å². The molecule has 0 radical (unpaired) electrons. The summed E-state index contributed by atoms with van der Waals surface area (Å²) in [7, 11) is 0. The molecule has 0 aromatic heterocycles. The third-order valence-corrected chi connectivity index (χ3v) is 1.32. The Morgan fingerprint density at radius 2 is 2.44 bits per heavy atom. The summed E-state index contributed by atoms with van der Waals surface area (Å²) in [5.74, 6) is 0. The van der Waals surface area contributed by atoms with E-state index in [2.05, 4.69) is 4.99 Å². The van der Waals surface area contributed by atoms with Gasteiger partial charge in [-0.1, -0.05) is 17.7 Å². The van der Waals surface area contributed by atoms with Crippen LogP contribution >= 0.6 is 11.6 Å². The summed E-state index contributed by atoms with van der Waals surface area (Å²) >= 11 is 5.65. The summed E-state index contributed by atoms with van der Waals surface area (Å²) in [5, 5.41) is 0.701. The minimum Gasteiger partial charge on any atom is -0.264 e. The Morgan fingerprint density at radius 3 is 3.22 bits per heavy atom. The molecule has 0 spiro atoms. The molecule has 0 saturated carbocycles. The van der Waals surface area contributed by atoms with Crippen molar-refractivity contribution in [3.63, 3.8) is 0 Å². The number of rotatable bonds is 0. The maximum atomic E-state index is 5.65. The minimum absolute atomic E-state index is 0.701. The van der Waals surface area contributed by atoms with Gasteiger partial charge in [0.05, 0.1) is 5.03 Å². The number of nitrogens with zero attached hydrogens (tertiary/aromatic N) is 1. The van der Waals surface area contributed by atoms with Crippen molar-refractivity contribution in [2.45, 2.75) is 13.3 Å². The molecule has 0 aliphatic carbocycles. The molecule has 1 heterocycles. The first-order chi connectivity index (χ1) is 4.29. The summed E-state index contributed by atoms with van der Waals surface area (Å²) in [6.45, 7) is 1.98. The van der Waals surface area contributed by atoms with Gasteiger partial charge in [-0.15, -0.1) is 0 Å². The van der Waals surface area contributed by atoms with Gasteiger partial charge in [0.2, 0.25) is 0 Å². The molecule has 0 N–H and O–H groups in total. The smallest absolute Gasteiger partial charge is 0.0585 e. The largest absolute Gasteiger partial charge is 0.264 e. The molecule has 0 amide bonds. The van der Waals surface area contributed by atoms with Gasteiger partial charge in [0.25, 0.3) is 0 Å². The molecule has 0 saturated heterocycles. The molecule has 0 unspecified atom stereocenters. The molecule has 1 nitrogen and oxygen atoms in total. The highest BCUT2D eigenvalue weighted by Crippen LogP contribution is 2.07. The average molecular weight is 142 g/mol. The van der Waals surface area contributed by atoms with E-state index in [0.29, 0.717) is 5.03 Å². The zero-order valence-electron chi connectivity index (χ0n) is 5.26. The van der Waals surface area contributed by atoms with Crippen molar-refractivity contribution in [2.24, 2.45) is 4.99 Å². The van der Waals surface area contributed by atoms with E-state index in [1.165, 1.54) is 0 Å². The van der Waals surface area contributed by atoms with Crippen LogP contribution < -0.4 is 0 Å². The van der Waals surface area contributed by atoms with Crippen LogP contribution in [0.4, 0.5) is 0 Å². The fourth-order valence-electron chi connectivity index (χ4n) is 0.610. The Kier molecular flexibility index (Phi) is 2.06. The standard InChI is InChI=1S/C7H8ClN/c1-6-3-2-4-7(8)5-9-6/h2,4-5H,3H2,1H3. The van der Waals surface area contributed by atoms with E-state index in [1.807, 2.05) is 19.1 Å². The minimum atomic E-state index is 0.701. The monoisotopic (exact) mass is 141 g/mol. The highest BCUT2D eigenvalue weighted by molar-refractivity contribution is 6.31. The summed E-state index contributed by atoms with van der Waals surface area (Å²) in [5.41, 5.74) is 1.10. The number of allylic oxidation sites excluding steroid dienone is 3. The predicted molar refractivity (Wildman–Crippen MR) is 40.8 cm³/mol. The zero-order chi connectivity index (χ0) is 6.69. The lowest BCUT2D eigenvalue weighted by atomic mass is 10.3. The van der Waals surface area contributed by atoms with Crippen LogP contribution in [0.5, 0.6) is 0 Å². The van der Waals surface area contributed by atoms with E-state index in [4.69, 9.17) is 11.6 Å². The molecular weight excluding hydrogens is 134 g/mol. The van der Waals surface area contributed by atoms with Crippen LogP contribution in [0.25, 0.3) is 0 Å². The lowest BCUT2D eigenvalue weighted by Gasteiger charge is -1.85. The van der Waals surface area contributed by atoms with Crippen molar-refractivity contribution in [2.75, 3.05) is 0 Å². The van der Waals surface area contributed by atoms with Gasteiger partial charge in [0.15, 0.2) is 0 Å². The van der Waals surface area contributed by atoms with Crippen LogP contribution in [-0.2, 0) is 0 Å². The van der Waals surface area contributed by atoms with Crippen molar-refractivity contribution in [1.82, 2.24) is 0 Å². The zero-order valence-corrected chi connectivity index (χ0v) is 6.02. The van der Waals surface area contributed by atoms with Crippen LogP contribution in [0, 0.1) is 0 Å². The molecule has 0 bridgehead atoms. The summed E-state index contributed by atoms with van der Waals surface area (Å²) in [6, 6.07) is 0. The Labute approximate surface area is 59.7 Å². The maximum Gasteiger partial charge on any atom is 0.0585 e. The van der Waals surface area contributed by atoms with Gasteiger partial charge in [-0.3, -0.25) is 4.99 Å². The first-order valence-electron chi connectivity index (χ1n) is 2.84. The van der Waals surface area contributed by atoms with Crippen molar-refractivity contribution in [3.05, 3.63) is 23.4 Å². The number of halogens is 1. The van der Waals surface area contributed by atoms with Gasteiger partial charge in [-0.05, 0) is 13.0 Å². The molecule has 9 heavy (non-hydrogen) atoms. The van der Waals surface area contributed by atoms with Gasteiger partial charge >= 0.3 is 0 Å². The Bertz CT molecular complexity index is 189. The highest BCUT2D eigenvalue weighted by Gasteiger charge is 1.91. The molecule has 1 aliphatic rings. The second kappa shape index (κ2) is 2.83. The van der Waals surface area contributed by atoms with Crippen LogP contribution in [0.15, 0.2) is 28.4 Å². The number of aliphatic imine (C=N–C) groups is 1. The van der Waals surface area contributed by atoms with E-state index >= 15 is 0 Å². The van der Waals surface area contributed by atoms with Crippen molar-refractivity contribution in [3.8, 4) is 0 Å². The Hall–Kier alpha value is -0.560. The fraction of sp³-hybridized carbons (Fsp3) is 0.286. The summed E-state index contributed by atoms with van der Waals surface area (Å²) in [6.07, 6.45) is 6.44. The molecule has 0 atom stereocenters. The molecule has 48 valence electrons. The lowest BCUT2D eigenvalue weighted by Crippen LogP contribution is -1.83. The maximum absolute atomic E-state index is 5.65. The van der Waals surface area contributed by atoms with Crippen molar-refractivity contribution >= 4 is 17.3 Å². The Morgan fingerprint density at radius 1 is 1.67 bits per heavy atom. The summed E-state index contributed by atoms with van der Waals surface area (Å²) in [4.78, 5) is 4.06. The fourth-order valence-corrected chi connectivity index (χ4v) is 0.748. The third kappa shape index (κ3) is 2.02. The highest BCUT2D eigenvalue weighted by atomic mass is 35.5. The van der Waals surface area contributed by atoms with Crippen molar-refractivity contribution in [1.29, 1.82) is 0 Å². The second-order valence-corrected chi connectivity index (χ2v) is 2.42.